The van der Waals surface area contributed by atoms with Crippen LogP contribution in [-0.2, 0) is 23.9 Å². The van der Waals surface area contributed by atoms with E-state index in [4.69, 9.17) is 9.47 Å². The zero-order valence-corrected chi connectivity index (χ0v) is 23.7. The number of imidazole rings is 1. The van der Waals surface area contributed by atoms with Gasteiger partial charge in [0.15, 0.2) is 6.10 Å². The predicted octanol–water partition coefficient (Wildman–Crippen LogP) is 4.11. The van der Waals surface area contributed by atoms with Crippen molar-refractivity contribution in [1.29, 1.82) is 0 Å². The molecule has 0 saturated carbocycles. The highest BCUT2D eigenvalue weighted by atomic mass is 32.2. The number of rotatable bonds is 9. The lowest BCUT2D eigenvalue weighted by atomic mass is 10.0. The maximum Gasteiger partial charge on any atom is 0.356 e. The van der Waals surface area contributed by atoms with Crippen LogP contribution in [-0.4, -0.2) is 67.6 Å². The highest BCUT2D eigenvalue weighted by molar-refractivity contribution is 8.00. The molecular weight excluding hydrogens is 572 g/mol. The van der Waals surface area contributed by atoms with Gasteiger partial charge in [-0.2, -0.15) is 0 Å². The van der Waals surface area contributed by atoms with Crippen molar-refractivity contribution in [1.82, 2.24) is 14.9 Å². The molecule has 0 radical (unpaired) electrons. The number of hydrogen-bond acceptors (Lipinski definition) is 9. The topological polar surface area (TPSA) is 151 Å². The molecule has 3 heterocycles. The highest BCUT2D eigenvalue weighted by Gasteiger charge is 2.54. The van der Waals surface area contributed by atoms with E-state index in [0.29, 0.717) is 28.3 Å². The van der Waals surface area contributed by atoms with Crippen molar-refractivity contribution in [3.05, 3.63) is 107 Å². The lowest BCUT2D eigenvalue weighted by molar-refractivity contribution is -0.152. The number of hydrogen-bond donors (Lipinski definition) is 3. The summed E-state index contributed by atoms with van der Waals surface area (Å²) in [6, 6.07) is 22.4. The molecule has 1 fully saturated rings. The van der Waals surface area contributed by atoms with Gasteiger partial charge < -0.3 is 24.9 Å². The molecule has 0 aliphatic carbocycles. The van der Waals surface area contributed by atoms with Gasteiger partial charge in [0.05, 0.1) is 16.6 Å². The Morgan fingerprint density at radius 2 is 1.74 bits per heavy atom. The van der Waals surface area contributed by atoms with Crippen LogP contribution in [0.2, 0.25) is 0 Å². The lowest BCUT2D eigenvalue weighted by Crippen LogP contribution is -2.68. The van der Waals surface area contributed by atoms with Gasteiger partial charge in [-0.15, -0.1) is 11.8 Å². The average molecular weight is 599 g/mol. The molecule has 0 unspecified atom stereocenters. The fraction of sp³-hybridized carbons (Fsp3) is 0.194. The van der Waals surface area contributed by atoms with Crippen molar-refractivity contribution in [3.63, 3.8) is 0 Å². The summed E-state index contributed by atoms with van der Waals surface area (Å²) in [7, 11) is 0. The number of H-pyrrole nitrogens is 1. The average Bonchev–Trinajstić information content (AvgIpc) is 3.43. The molecular formula is C31H26N4O7S. The second kappa shape index (κ2) is 11.6. The van der Waals surface area contributed by atoms with Gasteiger partial charge >= 0.3 is 17.9 Å². The Balaban J connectivity index is 1.28. The van der Waals surface area contributed by atoms with E-state index in [0.717, 1.165) is 11.1 Å². The third-order valence-corrected chi connectivity index (χ3v) is 8.48. The molecule has 12 heteroatoms. The molecule has 2 atom stereocenters. The Hall–Kier alpha value is -5.10. The maximum absolute atomic E-state index is 13.9. The number of carboxylic acid groups (broad SMARTS) is 1. The summed E-state index contributed by atoms with van der Waals surface area (Å²) >= 11 is 1.42. The number of anilines is 1. The van der Waals surface area contributed by atoms with Gasteiger partial charge in [0.1, 0.15) is 23.7 Å². The van der Waals surface area contributed by atoms with Crippen molar-refractivity contribution in [2.24, 2.45) is 0 Å². The Morgan fingerprint density at radius 3 is 2.37 bits per heavy atom. The number of carbonyl (C=O) groups is 4. The van der Waals surface area contributed by atoms with Gasteiger partial charge in [-0.1, -0.05) is 60.7 Å². The molecule has 218 valence electrons. The first-order valence-electron chi connectivity index (χ1n) is 13.4. The second-order valence-corrected chi connectivity index (χ2v) is 11.1. The Morgan fingerprint density at radius 1 is 1.07 bits per heavy atom. The number of aromatic amines is 1. The number of nitrogens with one attached hydrogen (secondary N) is 2. The van der Waals surface area contributed by atoms with E-state index < -0.39 is 35.4 Å². The standard InChI is InChI=1S/C31H26N4O7S/c1-17(36)41-15-21-16-43-28-24(34-31-32-22-13-12-20(29(38)39)14-23(22)33-31)27(37)35(28)25(21)30(40)42-26(18-8-4-2-5-9-18)19-10-6-3-7-11-19/h2-14,24,26,28H,15-16H2,1H3,(H,38,39)(H2,32,33,34)/t24-,28-/m1/s1. The van der Waals surface area contributed by atoms with E-state index in [1.807, 2.05) is 60.7 Å². The van der Waals surface area contributed by atoms with Gasteiger partial charge in [-0.05, 0) is 29.3 Å². The zero-order chi connectivity index (χ0) is 30.1. The number of carbonyl (C=O) groups excluding carboxylic acids is 3. The minimum Gasteiger partial charge on any atom is -0.478 e. The molecule has 11 nitrogen and oxygen atoms in total. The molecule has 3 aromatic carbocycles. The summed E-state index contributed by atoms with van der Waals surface area (Å²) in [6.45, 7) is 1.12. The number of carboxylic acids is 1. The third kappa shape index (κ3) is 5.56. The number of aromatic nitrogens is 2. The largest absolute Gasteiger partial charge is 0.478 e. The van der Waals surface area contributed by atoms with Crippen LogP contribution in [0.4, 0.5) is 5.95 Å². The molecule has 2 aliphatic rings. The summed E-state index contributed by atoms with van der Waals surface area (Å²) in [4.78, 5) is 59.3. The van der Waals surface area contributed by atoms with Crippen molar-refractivity contribution in [3.8, 4) is 0 Å². The number of esters is 2. The van der Waals surface area contributed by atoms with Gasteiger partial charge in [0, 0.05) is 18.2 Å². The fourth-order valence-electron chi connectivity index (χ4n) is 5.08. The van der Waals surface area contributed by atoms with Gasteiger partial charge in [0.25, 0.3) is 5.91 Å². The number of benzene rings is 3. The molecule has 4 aromatic rings. The summed E-state index contributed by atoms with van der Waals surface area (Å²) in [5, 5.41) is 11.9. The molecule has 1 aromatic heterocycles. The molecule has 43 heavy (non-hydrogen) atoms. The fourth-order valence-corrected chi connectivity index (χ4v) is 6.40. The Bertz CT molecular complexity index is 1720. The monoisotopic (exact) mass is 598 g/mol. The van der Waals surface area contributed by atoms with E-state index in [9.17, 15) is 24.3 Å². The molecule has 1 saturated heterocycles. The van der Waals surface area contributed by atoms with Gasteiger partial charge in [-0.25, -0.2) is 14.6 Å². The molecule has 0 spiro atoms. The number of amides is 1. The smallest absolute Gasteiger partial charge is 0.356 e. The van der Waals surface area contributed by atoms with Crippen LogP contribution in [0.15, 0.2) is 90.1 Å². The highest BCUT2D eigenvalue weighted by Crippen LogP contribution is 2.42. The van der Waals surface area contributed by atoms with Gasteiger partial charge in [-0.3, -0.25) is 14.5 Å². The third-order valence-electron chi connectivity index (χ3n) is 7.14. The van der Waals surface area contributed by atoms with Crippen molar-refractivity contribution >= 4 is 52.6 Å². The SMILES string of the molecule is CC(=O)OCC1=C(C(=O)OC(c2ccccc2)c2ccccc2)N2C(=O)[C@@H](Nc3nc4ccc(C(=O)O)cc4[nH]3)[C@H]2SC1. The number of fused-ring (bicyclic) bond motifs is 2. The van der Waals surface area contributed by atoms with Crippen LogP contribution in [0.5, 0.6) is 0 Å². The minimum absolute atomic E-state index is 0.0561. The minimum atomic E-state index is -1.06. The summed E-state index contributed by atoms with van der Waals surface area (Å²) in [5.74, 6) is -2.04. The van der Waals surface area contributed by atoms with Crippen LogP contribution in [0, 0.1) is 0 Å². The summed E-state index contributed by atoms with van der Waals surface area (Å²) in [5.41, 5.74) is 3.19. The number of aromatic carboxylic acids is 1. The quantitative estimate of drug-likeness (QED) is 0.190. The molecule has 0 bridgehead atoms. The second-order valence-electron chi connectivity index (χ2n) is 9.99. The zero-order valence-electron chi connectivity index (χ0n) is 22.9. The van der Waals surface area contributed by atoms with E-state index >= 15 is 0 Å². The van der Waals surface area contributed by atoms with Gasteiger partial charge in [0.2, 0.25) is 5.95 Å². The van der Waals surface area contributed by atoms with Crippen LogP contribution in [0.1, 0.15) is 34.5 Å². The number of ether oxygens (including phenoxy) is 2. The lowest BCUT2D eigenvalue weighted by Gasteiger charge is -2.49. The summed E-state index contributed by atoms with van der Waals surface area (Å²) < 4.78 is 11.3. The summed E-state index contributed by atoms with van der Waals surface area (Å²) in [6.07, 6.45) is -0.734. The van der Waals surface area contributed by atoms with Crippen LogP contribution < -0.4 is 5.32 Å². The van der Waals surface area contributed by atoms with Crippen LogP contribution in [0.3, 0.4) is 0 Å². The first-order chi connectivity index (χ1) is 20.8. The first-order valence-corrected chi connectivity index (χ1v) is 14.5. The Kier molecular flexibility index (Phi) is 7.59. The molecule has 3 N–H and O–H groups in total. The van der Waals surface area contributed by atoms with Crippen molar-refractivity contribution < 1.29 is 33.8 Å². The van der Waals surface area contributed by atoms with Crippen molar-refractivity contribution in [2.75, 3.05) is 17.7 Å². The van der Waals surface area contributed by atoms with Crippen LogP contribution in [0.25, 0.3) is 11.0 Å². The van der Waals surface area contributed by atoms with E-state index in [-0.39, 0.29) is 23.8 Å². The molecule has 6 rings (SSSR count). The Labute approximate surface area is 249 Å². The molecule has 2 aliphatic heterocycles. The van der Waals surface area contributed by atoms with E-state index in [1.54, 1.807) is 6.07 Å². The maximum atomic E-state index is 13.9. The van der Waals surface area contributed by atoms with Crippen LogP contribution >= 0.6 is 11.8 Å². The van der Waals surface area contributed by atoms with E-state index in [2.05, 4.69) is 15.3 Å². The van der Waals surface area contributed by atoms with E-state index in [1.165, 1.54) is 35.7 Å². The number of β-lactam (4-membered cyclic amide) rings is 1. The predicted molar refractivity (Wildman–Crippen MR) is 158 cm³/mol. The number of thioether (sulfide) groups is 1. The first kappa shape index (κ1) is 28.0. The van der Waals surface area contributed by atoms with Crippen molar-refractivity contribution in [2.45, 2.75) is 24.4 Å². The normalized spacial score (nSPS) is 17.8. The molecule has 1 amide bonds. The number of nitrogens with zero attached hydrogens (tertiary/aromatic N) is 2.